The van der Waals surface area contributed by atoms with Crippen LogP contribution in [0.15, 0.2) is 91.0 Å². The van der Waals surface area contributed by atoms with E-state index in [2.05, 4.69) is 29.7 Å². The van der Waals surface area contributed by atoms with Gasteiger partial charge < -0.3 is 29.9 Å². The zero-order chi connectivity index (χ0) is 38.5. The number of nitriles is 2. The van der Waals surface area contributed by atoms with Gasteiger partial charge in [-0.25, -0.2) is 9.59 Å². The Balaban J connectivity index is 1.10. The van der Waals surface area contributed by atoms with Gasteiger partial charge >= 0.3 is 12.1 Å². The number of amides is 4. The molecule has 54 heavy (non-hydrogen) atoms. The van der Waals surface area contributed by atoms with Crippen molar-refractivity contribution in [3.8, 4) is 23.6 Å². The van der Waals surface area contributed by atoms with Crippen molar-refractivity contribution >= 4 is 23.4 Å². The van der Waals surface area contributed by atoms with Crippen molar-refractivity contribution in [3.63, 3.8) is 0 Å². The van der Waals surface area contributed by atoms with Crippen molar-refractivity contribution < 1.29 is 19.1 Å². The Hall–Kier alpha value is -6.00. The molecular weight excluding hydrogens is 677 g/mol. The Labute approximate surface area is 318 Å². The van der Waals surface area contributed by atoms with E-state index in [0.717, 1.165) is 22.4 Å². The van der Waals surface area contributed by atoms with Crippen LogP contribution >= 0.6 is 0 Å². The Morgan fingerprint density at radius 3 is 1.76 bits per heavy atom. The van der Waals surface area contributed by atoms with Gasteiger partial charge in [-0.1, -0.05) is 75.4 Å². The SMILES string of the molecule is CC(C)c1cccc(C#N)c1NC(=O)N1CC[C@](C)(Oc2cccc(CC(C)c3cccc(C#N)c3NC(=O)N3CC[C@@](C)(Oc4ccccc4)C3)c2)C1. The highest BCUT2D eigenvalue weighted by molar-refractivity contribution is 5.93. The number of ether oxygens (including phenoxy) is 2. The first kappa shape index (κ1) is 37.7. The molecule has 0 aliphatic carbocycles. The van der Waals surface area contributed by atoms with Gasteiger partial charge in [0.25, 0.3) is 0 Å². The molecular formula is C44H48N6O4. The minimum Gasteiger partial charge on any atom is -0.486 e. The third-order valence-corrected chi connectivity index (χ3v) is 10.4. The Kier molecular flexibility index (Phi) is 11.1. The van der Waals surface area contributed by atoms with Gasteiger partial charge in [0.2, 0.25) is 0 Å². The third-order valence-electron chi connectivity index (χ3n) is 10.4. The summed E-state index contributed by atoms with van der Waals surface area (Å²) in [6.07, 6.45) is 1.98. The fraction of sp³-hybridized carbons (Fsp3) is 0.364. The molecule has 10 nitrogen and oxygen atoms in total. The van der Waals surface area contributed by atoms with Gasteiger partial charge in [-0.3, -0.25) is 0 Å². The molecule has 6 rings (SSSR count). The molecule has 2 heterocycles. The summed E-state index contributed by atoms with van der Waals surface area (Å²) in [5.74, 6) is 1.58. The highest BCUT2D eigenvalue weighted by atomic mass is 16.5. The molecule has 0 bridgehead atoms. The fourth-order valence-corrected chi connectivity index (χ4v) is 7.51. The van der Waals surface area contributed by atoms with Gasteiger partial charge in [0.1, 0.15) is 34.8 Å². The molecule has 3 atom stereocenters. The predicted molar refractivity (Wildman–Crippen MR) is 210 cm³/mol. The summed E-state index contributed by atoms with van der Waals surface area (Å²) in [5, 5.41) is 25.8. The number of nitrogens with one attached hydrogen (secondary N) is 2. The molecule has 278 valence electrons. The third kappa shape index (κ3) is 8.61. The average molecular weight is 725 g/mol. The summed E-state index contributed by atoms with van der Waals surface area (Å²) in [4.78, 5) is 30.5. The maximum atomic E-state index is 13.6. The van der Waals surface area contributed by atoms with Gasteiger partial charge in [-0.2, -0.15) is 10.5 Å². The van der Waals surface area contributed by atoms with Crippen LogP contribution in [0.3, 0.4) is 0 Å². The van der Waals surface area contributed by atoms with Crippen molar-refractivity contribution in [2.45, 2.75) is 76.9 Å². The topological polar surface area (TPSA) is 131 Å². The number of urea groups is 2. The van der Waals surface area contributed by atoms with Crippen LogP contribution in [-0.4, -0.2) is 59.2 Å². The van der Waals surface area contributed by atoms with E-state index in [-0.39, 0.29) is 23.9 Å². The fourth-order valence-electron chi connectivity index (χ4n) is 7.51. The second kappa shape index (κ2) is 15.9. The molecule has 10 heteroatoms. The summed E-state index contributed by atoms with van der Waals surface area (Å²) in [5.41, 5.74) is 3.65. The number of hydrogen-bond acceptors (Lipinski definition) is 6. The maximum absolute atomic E-state index is 13.6. The molecule has 2 aliphatic rings. The van der Waals surface area contributed by atoms with Crippen LogP contribution in [0.2, 0.25) is 0 Å². The monoisotopic (exact) mass is 724 g/mol. The van der Waals surface area contributed by atoms with Crippen LogP contribution in [0.1, 0.15) is 87.1 Å². The maximum Gasteiger partial charge on any atom is 0.322 e. The summed E-state index contributed by atoms with van der Waals surface area (Å²) in [6.45, 7) is 12.1. The van der Waals surface area contributed by atoms with E-state index in [0.29, 0.717) is 73.7 Å². The quantitative estimate of drug-likeness (QED) is 0.168. The van der Waals surface area contributed by atoms with E-state index in [1.165, 1.54) is 0 Å². The molecule has 4 aromatic rings. The first-order chi connectivity index (χ1) is 25.9. The van der Waals surface area contributed by atoms with Crippen molar-refractivity contribution in [1.29, 1.82) is 10.5 Å². The van der Waals surface area contributed by atoms with Gasteiger partial charge in [0, 0.05) is 25.9 Å². The highest BCUT2D eigenvalue weighted by Gasteiger charge is 2.40. The van der Waals surface area contributed by atoms with E-state index < -0.39 is 11.2 Å². The zero-order valence-electron chi connectivity index (χ0n) is 31.7. The number of nitrogens with zero attached hydrogens (tertiary/aromatic N) is 4. The van der Waals surface area contributed by atoms with Gasteiger partial charge in [0.15, 0.2) is 0 Å². The van der Waals surface area contributed by atoms with Gasteiger partial charge in [-0.15, -0.1) is 0 Å². The molecule has 2 N–H and O–H groups in total. The minimum absolute atomic E-state index is 0.0395. The second-order valence-corrected chi connectivity index (χ2v) is 15.3. The lowest BCUT2D eigenvalue weighted by Crippen LogP contribution is -2.40. The normalized spacial score (nSPS) is 19.9. The average Bonchev–Trinajstić information content (AvgIpc) is 3.74. The lowest BCUT2D eigenvalue weighted by molar-refractivity contribution is 0.1000. The standard InChI is InChI=1S/C44H48N6O4/c1-30(2)37-18-10-13-33(26-45)39(37)47-41(51)50-23-21-44(5,29-50)54-36-17-9-12-32(25-36)24-31(3)38-19-11-14-34(27-46)40(38)48-42(52)49-22-20-43(4,28-49)53-35-15-7-6-8-16-35/h6-19,25,30-31H,20-24,28-29H2,1-5H3,(H,47,51)(H,48,52)/t31?,43-,44+/m1/s1. The first-order valence-corrected chi connectivity index (χ1v) is 18.6. The van der Waals surface area contributed by atoms with Crippen molar-refractivity contribution in [3.05, 3.63) is 119 Å². The van der Waals surface area contributed by atoms with Crippen LogP contribution in [0.25, 0.3) is 0 Å². The number of likely N-dealkylation sites (tertiary alicyclic amines) is 2. The van der Waals surface area contributed by atoms with E-state index in [4.69, 9.17) is 9.47 Å². The zero-order valence-corrected chi connectivity index (χ0v) is 31.7. The molecule has 2 aliphatic heterocycles. The largest absolute Gasteiger partial charge is 0.486 e. The van der Waals surface area contributed by atoms with Crippen LogP contribution in [-0.2, 0) is 6.42 Å². The molecule has 4 aromatic carbocycles. The number of anilines is 2. The Bertz CT molecular complexity index is 2090. The molecule has 4 amide bonds. The summed E-state index contributed by atoms with van der Waals surface area (Å²) in [6, 6.07) is 32.6. The predicted octanol–water partition coefficient (Wildman–Crippen LogP) is 9.05. The molecule has 2 fully saturated rings. The van der Waals surface area contributed by atoms with Gasteiger partial charge in [-0.05, 0) is 85.2 Å². The highest BCUT2D eigenvalue weighted by Crippen LogP contribution is 2.35. The number of para-hydroxylation sites is 3. The van der Waals surface area contributed by atoms with E-state index in [1.807, 2.05) is 107 Å². The Morgan fingerprint density at radius 2 is 1.20 bits per heavy atom. The summed E-state index contributed by atoms with van der Waals surface area (Å²) >= 11 is 0. The van der Waals surface area contributed by atoms with E-state index in [1.54, 1.807) is 21.9 Å². The van der Waals surface area contributed by atoms with Crippen LogP contribution < -0.4 is 20.1 Å². The number of benzene rings is 4. The van der Waals surface area contributed by atoms with Crippen molar-refractivity contribution in [1.82, 2.24) is 9.80 Å². The molecule has 1 unspecified atom stereocenters. The van der Waals surface area contributed by atoms with Crippen molar-refractivity contribution in [2.24, 2.45) is 0 Å². The number of hydrogen-bond donors (Lipinski definition) is 2. The molecule has 0 aromatic heterocycles. The van der Waals surface area contributed by atoms with E-state index in [9.17, 15) is 20.1 Å². The first-order valence-electron chi connectivity index (χ1n) is 18.6. The smallest absolute Gasteiger partial charge is 0.322 e. The summed E-state index contributed by atoms with van der Waals surface area (Å²) in [7, 11) is 0. The molecule has 0 spiro atoms. The lowest BCUT2D eigenvalue weighted by Gasteiger charge is -2.27. The number of rotatable bonds is 10. The molecule has 0 saturated carbocycles. The number of carbonyl (C=O) groups is 2. The summed E-state index contributed by atoms with van der Waals surface area (Å²) < 4.78 is 12.8. The van der Waals surface area contributed by atoms with Crippen LogP contribution in [0.5, 0.6) is 11.5 Å². The number of carbonyl (C=O) groups excluding carboxylic acids is 2. The Morgan fingerprint density at radius 1 is 0.704 bits per heavy atom. The van der Waals surface area contributed by atoms with Crippen molar-refractivity contribution in [2.75, 3.05) is 36.8 Å². The lowest BCUT2D eigenvalue weighted by atomic mass is 9.91. The van der Waals surface area contributed by atoms with E-state index >= 15 is 0 Å². The van der Waals surface area contributed by atoms with Crippen LogP contribution in [0, 0.1) is 22.7 Å². The second-order valence-electron chi connectivity index (χ2n) is 15.3. The van der Waals surface area contributed by atoms with Crippen LogP contribution in [0.4, 0.5) is 21.0 Å². The molecule has 0 radical (unpaired) electrons. The minimum atomic E-state index is -0.604. The molecule has 2 saturated heterocycles. The van der Waals surface area contributed by atoms with Gasteiger partial charge in [0.05, 0.1) is 35.6 Å².